The number of aliphatic carboxylic acids is 1. The van der Waals surface area contributed by atoms with Crippen LogP contribution < -0.4 is 0 Å². The van der Waals surface area contributed by atoms with Gasteiger partial charge >= 0.3 is 11.9 Å². The van der Waals surface area contributed by atoms with Crippen LogP contribution in [0.15, 0.2) is 0 Å². The maximum Gasteiger partial charge on any atom is 0.305 e. The minimum Gasteiger partial charge on any atom is -0.481 e. The van der Waals surface area contributed by atoms with Crippen LogP contribution in [-0.2, 0) is 57.0 Å². The Hall–Kier alpha value is -1.42. The lowest BCUT2D eigenvalue weighted by Gasteiger charge is -2.09. The molecule has 0 heterocycles. The summed E-state index contributed by atoms with van der Waals surface area (Å²) >= 11 is 0. The van der Waals surface area contributed by atoms with Crippen molar-refractivity contribution in [3.8, 4) is 0 Å². The first-order valence-electron chi connectivity index (χ1n) is 15.7. The molecule has 0 unspecified atom stereocenters. The molecule has 0 bridgehead atoms. The molecular weight excluding hydrogens is 568 g/mol. The standard InChI is InChI=1S/C30H58O13/c1-2-3-4-5-6-7-8-30(33)43-28-27-42-26-25-41-24-23-40-22-21-39-20-19-38-18-17-37-16-15-36-14-13-35-12-11-34-10-9-29(31)32/h2-28H2,1H3,(H,31,32). The number of carbonyl (C=O) groups excluding carboxylic acids is 1. The number of esters is 1. The largest absolute Gasteiger partial charge is 0.481 e. The number of carbonyl (C=O) groups is 2. The van der Waals surface area contributed by atoms with Crippen molar-refractivity contribution in [1.29, 1.82) is 0 Å². The van der Waals surface area contributed by atoms with Crippen molar-refractivity contribution < 1.29 is 62.1 Å². The molecule has 0 rings (SSSR count). The molecule has 13 heteroatoms. The second kappa shape index (κ2) is 36.8. The molecule has 43 heavy (non-hydrogen) atoms. The molecule has 0 aromatic carbocycles. The summed E-state index contributed by atoms with van der Waals surface area (Å²) in [5.41, 5.74) is 0. The van der Waals surface area contributed by atoms with Crippen LogP contribution in [0.5, 0.6) is 0 Å². The van der Waals surface area contributed by atoms with Gasteiger partial charge in [0.15, 0.2) is 0 Å². The summed E-state index contributed by atoms with van der Waals surface area (Å²) < 4.78 is 53.6. The van der Waals surface area contributed by atoms with Gasteiger partial charge in [0, 0.05) is 6.42 Å². The summed E-state index contributed by atoms with van der Waals surface area (Å²) in [6, 6.07) is 0. The van der Waals surface area contributed by atoms with Crippen LogP contribution in [-0.4, -0.2) is 143 Å². The maximum absolute atomic E-state index is 11.6. The molecule has 0 fully saturated rings. The van der Waals surface area contributed by atoms with Crippen molar-refractivity contribution in [1.82, 2.24) is 0 Å². The Morgan fingerprint density at radius 3 is 1.05 bits per heavy atom. The van der Waals surface area contributed by atoms with Gasteiger partial charge in [0.2, 0.25) is 0 Å². The highest BCUT2D eigenvalue weighted by Gasteiger charge is 2.02. The second-order valence-electron chi connectivity index (χ2n) is 9.39. The van der Waals surface area contributed by atoms with Gasteiger partial charge in [0.25, 0.3) is 0 Å². The quantitative estimate of drug-likeness (QED) is 0.0797. The van der Waals surface area contributed by atoms with Gasteiger partial charge in [0.05, 0.1) is 125 Å². The highest BCUT2D eigenvalue weighted by Crippen LogP contribution is 2.07. The SMILES string of the molecule is CCCCCCCCC(=O)OCCOCCOCCOCCOCCOCCOCCOCCOCCOCCC(=O)O. The molecule has 0 aliphatic heterocycles. The average Bonchev–Trinajstić information content (AvgIpc) is 2.99. The molecule has 0 amide bonds. The minimum absolute atomic E-state index is 0.00304. The number of carboxylic acid groups (broad SMARTS) is 1. The number of hydrogen-bond donors (Lipinski definition) is 1. The molecule has 0 aromatic rings. The first-order chi connectivity index (χ1) is 21.2. The van der Waals surface area contributed by atoms with E-state index >= 15 is 0 Å². The van der Waals surface area contributed by atoms with Gasteiger partial charge in [-0.3, -0.25) is 9.59 Å². The van der Waals surface area contributed by atoms with Crippen LogP contribution in [0.2, 0.25) is 0 Å². The molecule has 256 valence electrons. The monoisotopic (exact) mass is 626 g/mol. The Morgan fingerprint density at radius 2 is 0.698 bits per heavy atom. The third kappa shape index (κ3) is 38.6. The normalized spacial score (nSPS) is 11.3. The fraction of sp³-hybridized carbons (Fsp3) is 0.933. The van der Waals surface area contributed by atoms with E-state index < -0.39 is 5.97 Å². The van der Waals surface area contributed by atoms with E-state index in [4.69, 9.17) is 52.5 Å². The van der Waals surface area contributed by atoms with Crippen molar-refractivity contribution in [2.24, 2.45) is 0 Å². The summed E-state index contributed by atoms with van der Waals surface area (Å²) in [6.45, 7) is 10.4. The number of carboxylic acids is 1. The molecule has 0 aliphatic rings. The van der Waals surface area contributed by atoms with Crippen LogP contribution in [0.3, 0.4) is 0 Å². The van der Waals surface area contributed by atoms with Gasteiger partial charge in [-0.05, 0) is 6.42 Å². The molecule has 0 radical (unpaired) electrons. The second-order valence-corrected chi connectivity index (χ2v) is 9.39. The zero-order valence-corrected chi connectivity index (χ0v) is 26.4. The molecule has 0 saturated carbocycles. The van der Waals surface area contributed by atoms with Crippen molar-refractivity contribution in [2.75, 3.05) is 126 Å². The number of hydrogen-bond acceptors (Lipinski definition) is 12. The van der Waals surface area contributed by atoms with E-state index in [-0.39, 0.29) is 25.6 Å². The van der Waals surface area contributed by atoms with Crippen LogP contribution in [0, 0.1) is 0 Å². The van der Waals surface area contributed by atoms with Crippen molar-refractivity contribution >= 4 is 11.9 Å². The smallest absolute Gasteiger partial charge is 0.305 e. The zero-order valence-electron chi connectivity index (χ0n) is 26.4. The third-order valence-corrected chi connectivity index (χ3v) is 5.66. The summed E-state index contributed by atoms with van der Waals surface area (Å²) in [7, 11) is 0. The zero-order chi connectivity index (χ0) is 31.3. The molecular formula is C30H58O13. The topological polar surface area (TPSA) is 147 Å². The summed E-state index contributed by atoms with van der Waals surface area (Å²) in [5, 5.41) is 8.48. The van der Waals surface area contributed by atoms with Gasteiger partial charge in [-0.1, -0.05) is 39.0 Å². The van der Waals surface area contributed by atoms with Gasteiger partial charge in [-0.15, -0.1) is 0 Å². The molecule has 0 saturated heterocycles. The minimum atomic E-state index is -0.875. The summed E-state index contributed by atoms with van der Waals surface area (Å²) in [6.07, 6.45) is 7.39. The number of rotatable bonds is 37. The Balaban J connectivity index is 3.10. The number of unbranched alkanes of at least 4 members (excludes halogenated alkanes) is 5. The Labute approximate surface area is 258 Å². The molecule has 0 aliphatic carbocycles. The van der Waals surface area contributed by atoms with E-state index in [9.17, 15) is 9.59 Å². The predicted octanol–water partition coefficient (Wildman–Crippen LogP) is 2.90. The van der Waals surface area contributed by atoms with Crippen LogP contribution in [0.1, 0.15) is 58.3 Å². The van der Waals surface area contributed by atoms with Crippen LogP contribution in [0.4, 0.5) is 0 Å². The fourth-order valence-electron chi connectivity index (χ4n) is 3.36. The lowest BCUT2D eigenvalue weighted by molar-refractivity contribution is -0.145. The molecule has 0 spiro atoms. The van der Waals surface area contributed by atoms with Gasteiger partial charge < -0.3 is 52.5 Å². The molecule has 13 nitrogen and oxygen atoms in total. The first-order valence-corrected chi connectivity index (χ1v) is 15.7. The van der Waals surface area contributed by atoms with E-state index in [0.717, 1.165) is 12.8 Å². The molecule has 1 N–H and O–H groups in total. The van der Waals surface area contributed by atoms with Crippen LogP contribution >= 0.6 is 0 Å². The number of ether oxygens (including phenoxy) is 10. The fourth-order valence-corrected chi connectivity index (χ4v) is 3.36. The molecule has 0 atom stereocenters. The maximum atomic E-state index is 11.6. The lowest BCUT2D eigenvalue weighted by atomic mass is 10.1. The summed E-state index contributed by atoms with van der Waals surface area (Å²) in [5.74, 6) is -1.02. The van der Waals surface area contributed by atoms with Crippen molar-refractivity contribution in [3.63, 3.8) is 0 Å². The Bertz CT molecular complexity index is 580. The predicted molar refractivity (Wildman–Crippen MR) is 159 cm³/mol. The average molecular weight is 627 g/mol. The van der Waals surface area contributed by atoms with Gasteiger partial charge in [-0.25, -0.2) is 0 Å². The van der Waals surface area contributed by atoms with E-state index in [1.165, 1.54) is 25.7 Å². The van der Waals surface area contributed by atoms with E-state index in [1.54, 1.807) is 0 Å². The molecule has 0 aromatic heterocycles. The highest BCUT2D eigenvalue weighted by atomic mass is 16.6. The van der Waals surface area contributed by atoms with Gasteiger partial charge in [0.1, 0.15) is 6.61 Å². The third-order valence-electron chi connectivity index (χ3n) is 5.66. The summed E-state index contributed by atoms with van der Waals surface area (Å²) in [4.78, 5) is 22.0. The van der Waals surface area contributed by atoms with Crippen molar-refractivity contribution in [2.45, 2.75) is 58.3 Å². The van der Waals surface area contributed by atoms with E-state index in [0.29, 0.717) is 119 Å². The van der Waals surface area contributed by atoms with Crippen LogP contribution in [0.25, 0.3) is 0 Å². The lowest BCUT2D eigenvalue weighted by Crippen LogP contribution is -2.15. The Kier molecular flexibility index (Phi) is 35.6. The van der Waals surface area contributed by atoms with E-state index in [2.05, 4.69) is 6.92 Å². The van der Waals surface area contributed by atoms with E-state index in [1.807, 2.05) is 0 Å². The Morgan fingerprint density at radius 1 is 0.395 bits per heavy atom. The first kappa shape index (κ1) is 41.6. The highest BCUT2D eigenvalue weighted by molar-refractivity contribution is 5.69. The van der Waals surface area contributed by atoms with Gasteiger partial charge in [-0.2, -0.15) is 0 Å². The van der Waals surface area contributed by atoms with Crippen molar-refractivity contribution in [3.05, 3.63) is 0 Å².